The molecule has 0 aromatic carbocycles. The van der Waals surface area contributed by atoms with Crippen molar-refractivity contribution in [2.45, 2.75) is 52.5 Å². The van der Waals surface area contributed by atoms with E-state index in [1.54, 1.807) is 0 Å². The van der Waals surface area contributed by atoms with Crippen molar-refractivity contribution in [2.24, 2.45) is 5.73 Å². The van der Waals surface area contributed by atoms with E-state index in [2.05, 4.69) is 35.6 Å². The van der Waals surface area contributed by atoms with Gasteiger partial charge in [0.1, 0.15) is 11.6 Å². The van der Waals surface area contributed by atoms with E-state index < -0.39 is 0 Å². The zero-order valence-electron chi connectivity index (χ0n) is 14.7. The van der Waals surface area contributed by atoms with Gasteiger partial charge in [0.25, 0.3) is 0 Å². The molecular formula is C17H29N5O. The lowest BCUT2D eigenvalue weighted by Crippen LogP contribution is -2.53. The maximum absolute atomic E-state index is 12.3. The van der Waals surface area contributed by atoms with Crippen LogP contribution in [0, 0.1) is 6.92 Å². The highest BCUT2D eigenvalue weighted by atomic mass is 16.2. The molecule has 6 nitrogen and oxygen atoms in total. The Labute approximate surface area is 139 Å². The lowest BCUT2D eigenvalue weighted by molar-refractivity contribution is -0.133. The van der Waals surface area contributed by atoms with Crippen molar-refractivity contribution in [3.05, 3.63) is 17.6 Å². The van der Waals surface area contributed by atoms with E-state index >= 15 is 0 Å². The Hall–Kier alpha value is -1.69. The quantitative estimate of drug-likeness (QED) is 0.894. The second-order valence-electron chi connectivity index (χ2n) is 6.59. The highest BCUT2D eigenvalue weighted by molar-refractivity contribution is 5.81. The Morgan fingerprint density at radius 1 is 1.26 bits per heavy atom. The number of carbonyl (C=O) groups excluding carboxylic acids is 1. The summed E-state index contributed by atoms with van der Waals surface area (Å²) in [4.78, 5) is 25.6. The molecular weight excluding hydrogens is 290 g/mol. The van der Waals surface area contributed by atoms with Gasteiger partial charge >= 0.3 is 0 Å². The zero-order chi connectivity index (χ0) is 17.0. The van der Waals surface area contributed by atoms with Gasteiger partial charge in [-0.25, -0.2) is 9.97 Å². The summed E-state index contributed by atoms with van der Waals surface area (Å²) >= 11 is 0. The topological polar surface area (TPSA) is 75.4 Å². The van der Waals surface area contributed by atoms with Crippen LogP contribution in [0.25, 0.3) is 0 Å². The SMILES string of the molecule is CCCC(N)C(=O)N1CCN(c2cc(C)nc(C(C)C)n2)CC1. The average molecular weight is 319 g/mol. The van der Waals surface area contributed by atoms with Crippen LogP contribution in [0.1, 0.15) is 51.0 Å². The van der Waals surface area contributed by atoms with Gasteiger partial charge in [-0.2, -0.15) is 0 Å². The van der Waals surface area contributed by atoms with Crippen LogP contribution < -0.4 is 10.6 Å². The lowest BCUT2D eigenvalue weighted by Gasteiger charge is -2.36. The number of amides is 1. The molecule has 0 aliphatic carbocycles. The van der Waals surface area contributed by atoms with Gasteiger partial charge in [0, 0.05) is 43.9 Å². The van der Waals surface area contributed by atoms with Crippen molar-refractivity contribution in [2.75, 3.05) is 31.1 Å². The summed E-state index contributed by atoms with van der Waals surface area (Å²) in [6.45, 7) is 11.2. The number of hydrogen-bond acceptors (Lipinski definition) is 5. The molecule has 6 heteroatoms. The van der Waals surface area contributed by atoms with E-state index in [4.69, 9.17) is 5.73 Å². The number of carbonyl (C=O) groups is 1. The van der Waals surface area contributed by atoms with Crippen LogP contribution in [0.5, 0.6) is 0 Å². The summed E-state index contributed by atoms with van der Waals surface area (Å²) < 4.78 is 0. The molecule has 2 N–H and O–H groups in total. The van der Waals surface area contributed by atoms with Crippen LogP contribution >= 0.6 is 0 Å². The van der Waals surface area contributed by atoms with Gasteiger partial charge < -0.3 is 15.5 Å². The average Bonchev–Trinajstić information content (AvgIpc) is 2.54. The second-order valence-corrected chi connectivity index (χ2v) is 6.59. The van der Waals surface area contributed by atoms with Crippen LogP contribution in [0.2, 0.25) is 0 Å². The summed E-state index contributed by atoms with van der Waals surface area (Å²) in [6.07, 6.45) is 1.69. The fourth-order valence-corrected chi connectivity index (χ4v) is 2.82. The van der Waals surface area contributed by atoms with Crippen molar-refractivity contribution in [1.29, 1.82) is 0 Å². The fourth-order valence-electron chi connectivity index (χ4n) is 2.82. The van der Waals surface area contributed by atoms with E-state index in [0.717, 1.165) is 43.3 Å². The van der Waals surface area contributed by atoms with E-state index in [9.17, 15) is 4.79 Å². The standard InChI is InChI=1S/C17H29N5O/c1-5-6-14(18)17(23)22-9-7-21(8-10-22)15-11-13(4)19-16(20-15)12(2)3/h11-12,14H,5-10,18H2,1-4H3. The number of aromatic nitrogens is 2. The van der Waals surface area contributed by atoms with Crippen LogP contribution in [0.15, 0.2) is 6.07 Å². The molecule has 0 spiro atoms. The highest BCUT2D eigenvalue weighted by Gasteiger charge is 2.25. The minimum absolute atomic E-state index is 0.0771. The molecule has 1 amide bonds. The minimum atomic E-state index is -0.361. The van der Waals surface area contributed by atoms with Crippen molar-refractivity contribution in [1.82, 2.24) is 14.9 Å². The van der Waals surface area contributed by atoms with Gasteiger partial charge in [0.15, 0.2) is 0 Å². The maximum Gasteiger partial charge on any atom is 0.239 e. The van der Waals surface area contributed by atoms with Gasteiger partial charge in [-0.3, -0.25) is 4.79 Å². The van der Waals surface area contributed by atoms with Gasteiger partial charge in [0.05, 0.1) is 6.04 Å². The number of anilines is 1. The summed E-state index contributed by atoms with van der Waals surface area (Å²) in [5.41, 5.74) is 6.94. The zero-order valence-corrected chi connectivity index (χ0v) is 14.7. The monoisotopic (exact) mass is 319 g/mol. The molecule has 0 bridgehead atoms. The molecule has 1 saturated heterocycles. The van der Waals surface area contributed by atoms with Gasteiger partial charge in [-0.1, -0.05) is 27.2 Å². The molecule has 1 aromatic heterocycles. The third kappa shape index (κ3) is 4.41. The molecule has 1 atom stereocenters. The first-order valence-corrected chi connectivity index (χ1v) is 8.57. The molecule has 1 unspecified atom stereocenters. The molecule has 128 valence electrons. The first-order chi connectivity index (χ1) is 10.9. The Morgan fingerprint density at radius 3 is 2.48 bits per heavy atom. The first-order valence-electron chi connectivity index (χ1n) is 8.57. The summed E-state index contributed by atoms with van der Waals surface area (Å²) in [6, 6.07) is 1.66. The Bertz CT molecular complexity index is 538. The van der Waals surface area contributed by atoms with Crippen molar-refractivity contribution >= 4 is 11.7 Å². The Morgan fingerprint density at radius 2 is 1.91 bits per heavy atom. The minimum Gasteiger partial charge on any atom is -0.353 e. The number of hydrogen-bond donors (Lipinski definition) is 1. The van der Waals surface area contributed by atoms with Crippen molar-refractivity contribution in [3.8, 4) is 0 Å². The third-order valence-corrected chi connectivity index (χ3v) is 4.21. The largest absolute Gasteiger partial charge is 0.353 e. The molecule has 1 fully saturated rings. The number of rotatable bonds is 5. The van der Waals surface area contributed by atoms with Gasteiger partial charge in [-0.15, -0.1) is 0 Å². The second kappa shape index (κ2) is 7.73. The van der Waals surface area contributed by atoms with Gasteiger partial charge in [-0.05, 0) is 13.3 Å². The van der Waals surface area contributed by atoms with Crippen LogP contribution in [-0.2, 0) is 4.79 Å². The molecule has 1 aromatic rings. The highest BCUT2D eigenvalue weighted by Crippen LogP contribution is 2.19. The lowest BCUT2D eigenvalue weighted by atomic mass is 10.1. The summed E-state index contributed by atoms with van der Waals surface area (Å²) in [5, 5.41) is 0. The fraction of sp³-hybridized carbons (Fsp3) is 0.706. The van der Waals surface area contributed by atoms with Crippen LogP contribution in [0.3, 0.4) is 0 Å². The van der Waals surface area contributed by atoms with Crippen LogP contribution in [-0.4, -0.2) is 53.0 Å². The molecule has 2 heterocycles. The summed E-state index contributed by atoms with van der Waals surface area (Å²) in [5.74, 6) is 2.23. The van der Waals surface area contributed by atoms with Crippen molar-refractivity contribution in [3.63, 3.8) is 0 Å². The molecule has 0 radical (unpaired) electrons. The van der Waals surface area contributed by atoms with E-state index in [-0.39, 0.29) is 11.9 Å². The normalized spacial score (nSPS) is 16.8. The molecule has 1 aliphatic rings. The molecule has 2 rings (SSSR count). The Balaban J connectivity index is 2.00. The van der Waals surface area contributed by atoms with Gasteiger partial charge in [0.2, 0.25) is 5.91 Å². The summed E-state index contributed by atoms with van der Waals surface area (Å²) in [7, 11) is 0. The predicted molar refractivity (Wildman–Crippen MR) is 92.5 cm³/mol. The van der Waals surface area contributed by atoms with E-state index in [1.807, 2.05) is 17.9 Å². The van der Waals surface area contributed by atoms with E-state index in [0.29, 0.717) is 19.0 Å². The molecule has 23 heavy (non-hydrogen) atoms. The van der Waals surface area contributed by atoms with Crippen molar-refractivity contribution < 1.29 is 4.79 Å². The number of nitrogens with zero attached hydrogens (tertiary/aromatic N) is 4. The predicted octanol–water partition coefficient (Wildman–Crippen LogP) is 1.68. The first kappa shape index (κ1) is 17.7. The third-order valence-electron chi connectivity index (χ3n) is 4.21. The number of nitrogens with two attached hydrogens (primary N) is 1. The van der Waals surface area contributed by atoms with Crippen LogP contribution in [0.4, 0.5) is 5.82 Å². The number of piperazine rings is 1. The molecule has 1 aliphatic heterocycles. The molecule has 0 saturated carbocycles. The smallest absolute Gasteiger partial charge is 0.239 e. The Kier molecular flexibility index (Phi) is 5.93. The van der Waals surface area contributed by atoms with E-state index in [1.165, 1.54) is 0 Å². The number of aryl methyl sites for hydroxylation is 1. The maximum atomic E-state index is 12.3.